The van der Waals surface area contributed by atoms with E-state index in [1.54, 1.807) is 0 Å². The van der Waals surface area contributed by atoms with Crippen LogP contribution in [0.5, 0.6) is 0 Å². The van der Waals surface area contributed by atoms with Gasteiger partial charge in [-0.05, 0) is 0 Å². The molecule has 0 aromatic rings. The molecule has 0 N–H and O–H groups in total. The number of hydrogen-bond donors (Lipinski definition) is 0. The summed E-state index contributed by atoms with van der Waals surface area (Å²) in [6.45, 7) is 14.0. The third-order valence-electron chi connectivity index (χ3n) is 2.42. The van der Waals surface area contributed by atoms with Crippen LogP contribution in [0.1, 0.15) is 0 Å². The van der Waals surface area contributed by atoms with E-state index in [0.29, 0.717) is 0 Å². The van der Waals surface area contributed by atoms with Gasteiger partial charge in [-0.1, -0.05) is 39.3 Å². The Morgan fingerprint density at radius 1 is 0.714 bits per heavy atom. The van der Waals surface area contributed by atoms with Crippen LogP contribution in [0.3, 0.4) is 0 Å². The van der Waals surface area contributed by atoms with Crippen molar-refractivity contribution in [3.8, 4) is 0 Å². The van der Waals surface area contributed by atoms with Crippen LogP contribution in [0, 0.1) is 12.2 Å². The predicted octanol–water partition coefficient (Wildman–Crippen LogP) is 5.44. The Labute approximate surface area is 151 Å². The smallest absolute Gasteiger partial charge is 0.0221 e. The first-order valence-electron chi connectivity index (χ1n) is 7.14. The summed E-state index contributed by atoms with van der Waals surface area (Å²) >= 11 is 0. The van der Waals surface area contributed by atoms with E-state index in [-0.39, 0.29) is 25.8 Å². The van der Waals surface area contributed by atoms with E-state index in [2.05, 4.69) is 75.0 Å². The van der Waals surface area contributed by atoms with Crippen molar-refractivity contribution >= 4 is 16.1 Å². The number of hydrogen-bond acceptors (Lipinski definition) is 0. The molecule has 21 heavy (non-hydrogen) atoms. The van der Waals surface area contributed by atoms with Crippen molar-refractivity contribution in [2.45, 2.75) is 39.3 Å². The van der Waals surface area contributed by atoms with Crippen LogP contribution in [0.4, 0.5) is 0 Å². The van der Waals surface area contributed by atoms with Gasteiger partial charge in [0.1, 0.15) is 0 Å². The summed E-state index contributed by atoms with van der Waals surface area (Å²) in [5.41, 5.74) is 7.23. The second-order valence-electron chi connectivity index (χ2n) is 7.27. The Morgan fingerprint density at radius 3 is 1.24 bits per heavy atom. The van der Waals surface area contributed by atoms with Crippen molar-refractivity contribution < 1.29 is 25.8 Å². The molecule has 0 saturated carbocycles. The standard InChI is InChI=1S/2C9H13Si.Hf/c2*1-10(2,3)8-9-6-4-5-7-9;/h2*4-6,8H,1-3H3;/q2*-1;. The van der Waals surface area contributed by atoms with Crippen LogP contribution in [0.25, 0.3) is 0 Å². The molecule has 0 radical (unpaired) electrons. The van der Waals surface area contributed by atoms with Crippen LogP contribution in [0.15, 0.2) is 59.0 Å². The first kappa shape index (κ1) is 20.7. The number of rotatable bonds is 2. The topological polar surface area (TPSA) is 0 Å². The summed E-state index contributed by atoms with van der Waals surface area (Å²) in [5, 5.41) is 0. The van der Waals surface area contributed by atoms with Gasteiger partial charge >= 0.3 is 0 Å². The maximum atomic E-state index is 3.17. The quantitative estimate of drug-likeness (QED) is 0.368. The Hall–Kier alpha value is -0.256. The molecule has 0 heterocycles. The molecule has 0 spiro atoms. The zero-order chi connectivity index (χ0) is 15.2. The van der Waals surface area contributed by atoms with Gasteiger partial charge in [-0.25, -0.2) is 0 Å². The number of allylic oxidation sites excluding steroid dienone is 10. The van der Waals surface area contributed by atoms with Gasteiger partial charge in [-0.2, -0.15) is 59.0 Å². The molecule has 2 aliphatic rings. The van der Waals surface area contributed by atoms with Gasteiger partial charge in [0.2, 0.25) is 0 Å². The third kappa shape index (κ3) is 11.0. The zero-order valence-electron chi connectivity index (χ0n) is 14.1. The molecular formula is C18H26HfSi2-2. The van der Waals surface area contributed by atoms with Gasteiger partial charge in [0, 0.05) is 42.0 Å². The van der Waals surface area contributed by atoms with Gasteiger partial charge in [0.15, 0.2) is 0 Å². The average Bonchev–Trinajstić information content (AvgIpc) is 2.87. The van der Waals surface area contributed by atoms with Crippen LogP contribution >= 0.6 is 0 Å². The van der Waals surface area contributed by atoms with Gasteiger partial charge in [0.05, 0.1) is 0 Å². The van der Waals surface area contributed by atoms with Crippen LogP contribution in [-0.2, 0) is 25.8 Å². The molecule has 0 amide bonds. The van der Waals surface area contributed by atoms with Crippen LogP contribution in [0.2, 0.25) is 39.3 Å². The maximum Gasteiger partial charge on any atom is 0.0221 e. The molecule has 2 rings (SSSR count). The summed E-state index contributed by atoms with van der Waals surface area (Å²) < 4.78 is 0. The molecule has 0 aromatic carbocycles. The monoisotopic (exact) mass is 478 g/mol. The van der Waals surface area contributed by atoms with E-state index >= 15 is 0 Å². The van der Waals surface area contributed by atoms with Crippen molar-refractivity contribution in [3.63, 3.8) is 0 Å². The van der Waals surface area contributed by atoms with E-state index in [1.165, 1.54) is 11.1 Å². The van der Waals surface area contributed by atoms with Gasteiger partial charge < -0.3 is 0 Å². The SMILES string of the molecule is C[Si](C)(C)C=C1[C-]=CC=C1.C[Si](C)(C)C=C1[C-]=CC=C1.[Hf]. The minimum absolute atomic E-state index is 0. The predicted molar refractivity (Wildman–Crippen MR) is 96.8 cm³/mol. The average molecular weight is 477 g/mol. The van der Waals surface area contributed by atoms with E-state index in [1.807, 2.05) is 24.3 Å². The van der Waals surface area contributed by atoms with Gasteiger partial charge in [-0.3, -0.25) is 0 Å². The molecule has 112 valence electrons. The Balaban J connectivity index is 0.000000364. The summed E-state index contributed by atoms with van der Waals surface area (Å²) in [6, 6.07) is 0. The van der Waals surface area contributed by atoms with Gasteiger partial charge in [-0.15, -0.1) is 12.2 Å². The fraction of sp³-hybridized carbons (Fsp3) is 0.333. The summed E-state index contributed by atoms with van der Waals surface area (Å²) in [4.78, 5) is 0. The molecule has 0 atom stereocenters. The molecular weight excluding hydrogens is 451 g/mol. The molecule has 0 nitrogen and oxygen atoms in total. The van der Waals surface area contributed by atoms with Crippen molar-refractivity contribution in [1.82, 2.24) is 0 Å². The minimum Gasteiger partial charge on any atom is -0.178 e. The molecule has 0 aliphatic heterocycles. The normalized spacial score (nSPS) is 19.9. The minimum atomic E-state index is -1.02. The van der Waals surface area contributed by atoms with Crippen LogP contribution < -0.4 is 0 Å². The molecule has 2 aliphatic carbocycles. The van der Waals surface area contributed by atoms with E-state index < -0.39 is 16.1 Å². The molecule has 0 unspecified atom stereocenters. The Bertz CT molecular complexity index is 428. The fourth-order valence-electron chi connectivity index (χ4n) is 1.80. The molecule has 0 aromatic heterocycles. The van der Waals surface area contributed by atoms with Crippen molar-refractivity contribution in [3.05, 3.63) is 71.2 Å². The third-order valence-corrected chi connectivity index (χ3v) is 4.78. The first-order valence-corrected chi connectivity index (χ1v) is 14.3. The molecule has 0 fully saturated rings. The van der Waals surface area contributed by atoms with Crippen molar-refractivity contribution in [2.75, 3.05) is 0 Å². The first-order chi connectivity index (χ1) is 9.16. The largest absolute Gasteiger partial charge is 0.178 e. The zero-order valence-corrected chi connectivity index (χ0v) is 19.7. The molecule has 3 heteroatoms. The van der Waals surface area contributed by atoms with Crippen molar-refractivity contribution in [1.29, 1.82) is 0 Å². The summed E-state index contributed by atoms with van der Waals surface area (Å²) in [6.07, 6.45) is 18.6. The maximum absolute atomic E-state index is 3.17. The second kappa shape index (κ2) is 9.01. The summed E-state index contributed by atoms with van der Waals surface area (Å²) in [5.74, 6) is 0. The van der Waals surface area contributed by atoms with Crippen molar-refractivity contribution in [2.24, 2.45) is 0 Å². The van der Waals surface area contributed by atoms with E-state index in [4.69, 9.17) is 0 Å². The van der Waals surface area contributed by atoms with E-state index in [9.17, 15) is 0 Å². The molecule has 0 saturated heterocycles. The van der Waals surface area contributed by atoms with Crippen LogP contribution in [-0.4, -0.2) is 16.1 Å². The Morgan fingerprint density at radius 2 is 1.05 bits per heavy atom. The van der Waals surface area contributed by atoms with Gasteiger partial charge in [0.25, 0.3) is 0 Å². The fourth-order valence-corrected chi connectivity index (χ4v) is 4.03. The molecule has 0 bridgehead atoms. The second-order valence-corrected chi connectivity index (χ2v) is 17.3. The summed E-state index contributed by atoms with van der Waals surface area (Å²) in [7, 11) is -2.04. The van der Waals surface area contributed by atoms with E-state index in [0.717, 1.165) is 0 Å². The Kier molecular flexibility index (Phi) is 8.90.